The first-order chi connectivity index (χ1) is 4.87. The summed E-state index contributed by atoms with van der Waals surface area (Å²) >= 11 is 0. The zero-order valence-electron chi connectivity index (χ0n) is 6.20. The molecule has 1 atom stereocenters. The molecule has 0 saturated carbocycles. The van der Waals surface area contributed by atoms with Crippen molar-refractivity contribution in [1.29, 1.82) is 0 Å². The first kappa shape index (κ1) is 10.3. The molecule has 4 nitrogen and oxygen atoms in total. The predicted molar refractivity (Wildman–Crippen MR) is 36.1 cm³/mol. The number of hydrogen-bond donors (Lipinski definition) is 0. The van der Waals surface area contributed by atoms with Crippen molar-refractivity contribution < 1.29 is 21.8 Å². The van der Waals surface area contributed by atoms with Crippen molar-refractivity contribution >= 4 is 16.2 Å². The van der Waals surface area contributed by atoms with Crippen LogP contribution in [0.5, 0.6) is 0 Å². The molecule has 11 heavy (non-hydrogen) atoms. The third-order valence-corrected chi connectivity index (χ3v) is 1.95. The average molecular weight is 184 g/mol. The molecule has 0 radical (unpaired) electrons. The highest BCUT2D eigenvalue weighted by molar-refractivity contribution is 7.86. The van der Waals surface area contributed by atoms with Gasteiger partial charge < -0.3 is 4.74 Å². The van der Waals surface area contributed by atoms with Gasteiger partial charge in [0.15, 0.2) is 0 Å². The van der Waals surface area contributed by atoms with E-state index in [9.17, 15) is 17.1 Å². The minimum Gasteiger partial charge on any atom is -0.469 e. The van der Waals surface area contributed by atoms with Crippen molar-refractivity contribution in [2.45, 2.75) is 6.92 Å². The minimum atomic E-state index is -4.58. The maximum Gasteiger partial charge on any atom is 0.309 e. The zero-order valence-corrected chi connectivity index (χ0v) is 7.02. The molecule has 0 aliphatic rings. The highest BCUT2D eigenvalue weighted by Gasteiger charge is 2.20. The molecule has 66 valence electrons. The maximum absolute atomic E-state index is 11.9. The van der Waals surface area contributed by atoms with Gasteiger partial charge in [-0.15, -0.1) is 3.89 Å². The number of ether oxygens (including phenoxy) is 1. The number of carbonyl (C=O) groups excluding carboxylic acids is 1. The largest absolute Gasteiger partial charge is 0.469 e. The Bertz CT molecular complexity index is 233. The van der Waals surface area contributed by atoms with Crippen LogP contribution in [0.25, 0.3) is 0 Å². The summed E-state index contributed by atoms with van der Waals surface area (Å²) in [4.78, 5) is 10.5. The number of methoxy groups -OCH3 is 1. The van der Waals surface area contributed by atoms with Crippen molar-refractivity contribution in [1.82, 2.24) is 0 Å². The van der Waals surface area contributed by atoms with Gasteiger partial charge in [0.1, 0.15) is 0 Å². The summed E-state index contributed by atoms with van der Waals surface area (Å²) < 4.78 is 36.1. The van der Waals surface area contributed by atoms with Crippen molar-refractivity contribution in [3.63, 3.8) is 0 Å². The summed E-state index contributed by atoms with van der Waals surface area (Å²) in [7, 11) is -3.46. The number of hydrogen-bond acceptors (Lipinski definition) is 4. The lowest BCUT2D eigenvalue weighted by molar-refractivity contribution is -0.144. The molecule has 0 aliphatic heterocycles. The van der Waals surface area contributed by atoms with E-state index in [0.29, 0.717) is 0 Å². The molecule has 0 amide bonds. The number of rotatable bonds is 3. The molecular formula is C5H9FO4S. The van der Waals surface area contributed by atoms with Gasteiger partial charge in [0.05, 0.1) is 18.8 Å². The molecule has 0 N–H and O–H groups in total. The fourth-order valence-corrected chi connectivity index (χ4v) is 1.30. The van der Waals surface area contributed by atoms with Crippen LogP contribution in [-0.4, -0.2) is 27.2 Å². The van der Waals surface area contributed by atoms with Gasteiger partial charge in [0.2, 0.25) is 0 Å². The Kier molecular flexibility index (Phi) is 3.44. The smallest absolute Gasteiger partial charge is 0.309 e. The normalized spacial score (nSPS) is 14.1. The quantitative estimate of drug-likeness (QED) is 0.461. The van der Waals surface area contributed by atoms with Crippen LogP contribution in [0.2, 0.25) is 0 Å². The lowest BCUT2D eigenvalue weighted by Gasteiger charge is -2.04. The SMILES string of the molecule is COC(=O)C(C)CS(=O)(=O)F. The van der Waals surface area contributed by atoms with Gasteiger partial charge in [0.25, 0.3) is 0 Å². The van der Waals surface area contributed by atoms with E-state index in [1.165, 1.54) is 6.92 Å². The second kappa shape index (κ2) is 3.66. The molecule has 6 heteroatoms. The molecule has 0 bridgehead atoms. The van der Waals surface area contributed by atoms with E-state index in [2.05, 4.69) is 4.74 Å². The standard InChI is InChI=1S/C5H9FO4S/c1-4(5(7)10-2)3-11(6,8)9/h4H,3H2,1-2H3. The van der Waals surface area contributed by atoms with Crippen LogP contribution in [0.1, 0.15) is 6.92 Å². The van der Waals surface area contributed by atoms with Crippen molar-refractivity contribution in [3.05, 3.63) is 0 Å². The number of esters is 1. The molecule has 0 heterocycles. The maximum atomic E-state index is 11.9. The van der Waals surface area contributed by atoms with Crippen LogP contribution in [0.3, 0.4) is 0 Å². The summed E-state index contributed by atoms with van der Waals surface area (Å²) in [5, 5.41) is 0. The highest BCUT2D eigenvalue weighted by atomic mass is 32.3. The van der Waals surface area contributed by atoms with Crippen LogP contribution >= 0.6 is 0 Å². The molecule has 0 aromatic rings. The van der Waals surface area contributed by atoms with Crippen molar-refractivity contribution in [3.8, 4) is 0 Å². The van der Waals surface area contributed by atoms with Crippen LogP contribution < -0.4 is 0 Å². The zero-order chi connectivity index (χ0) is 9.07. The number of carbonyl (C=O) groups is 1. The molecule has 0 rings (SSSR count). The lowest BCUT2D eigenvalue weighted by atomic mass is 10.2. The molecule has 1 unspecified atom stereocenters. The molecule has 0 saturated heterocycles. The number of halogens is 1. The van der Waals surface area contributed by atoms with Crippen LogP contribution in [0, 0.1) is 5.92 Å². The van der Waals surface area contributed by atoms with E-state index in [1.54, 1.807) is 0 Å². The molecule has 0 aliphatic carbocycles. The Hall–Kier alpha value is -0.650. The summed E-state index contributed by atoms with van der Waals surface area (Å²) in [6.07, 6.45) is 0. The summed E-state index contributed by atoms with van der Waals surface area (Å²) in [5.74, 6) is -2.50. The Morgan fingerprint density at radius 3 is 2.36 bits per heavy atom. The van der Waals surface area contributed by atoms with Crippen LogP contribution in [0.4, 0.5) is 3.89 Å². The third-order valence-electron chi connectivity index (χ3n) is 1.05. The average Bonchev–Trinajstić information content (AvgIpc) is 1.82. The molecule has 0 aromatic carbocycles. The fourth-order valence-electron chi connectivity index (χ4n) is 0.568. The second-order valence-electron chi connectivity index (χ2n) is 2.13. The second-order valence-corrected chi connectivity index (χ2v) is 3.54. The summed E-state index contributed by atoms with van der Waals surface area (Å²) in [5.41, 5.74) is 0. The topological polar surface area (TPSA) is 60.4 Å². The molecule has 0 aromatic heterocycles. The summed E-state index contributed by atoms with van der Waals surface area (Å²) in [6, 6.07) is 0. The van der Waals surface area contributed by atoms with Gasteiger partial charge in [-0.1, -0.05) is 6.92 Å². The minimum absolute atomic E-state index is 0.730. The van der Waals surface area contributed by atoms with E-state index in [0.717, 1.165) is 7.11 Å². The van der Waals surface area contributed by atoms with Crippen LogP contribution in [0.15, 0.2) is 0 Å². The summed E-state index contributed by atoms with van der Waals surface area (Å²) in [6.45, 7) is 1.28. The molecular weight excluding hydrogens is 175 g/mol. The Balaban J connectivity index is 4.09. The van der Waals surface area contributed by atoms with Gasteiger partial charge in [-0.05, 0) is 0 Å². The van der Waals surface area contributed by atoms with E-state index in [-0.39, 0.29) is 0 Å². The monoisotopic (exact) mass is 184 g/mol. The van der Waals surface area contributed by atoms with E-state index in [1.807, 2.05) is 0 Å². The van der Waals surface area contributed by atoms with E-state index < -0.39 is 27.9 Å². The Morgan fingerprint density at radius 1 is 1.64 bits per heavy atom. The lowest BCUT2D eigenvalue weighted by Crippen LogP contribution is -2.20. The van der Waals surface area contributed by atoms with Crippen LogP contribution in [-0.2, 0) is 19.8 Å². The van der Waals surface area contributed by atoms with E-state index >= 15 is 0 Å². The van der Waals surface area contributed by atoms with Gasteiger partial charge in [0, 0.05) is 0 Å². The van der Waals surface area contributed by atoms with Gasteiger partial charge in [-0.25, -0.2) is 0 Å². The van der Waals surface area contributed by atoms with Gasteiger partial charge in [-0.2, -0.15) is 8.42 Å². The first-order valence-corrected chi connectivity index (χ1v) is 4.42. The van der Waals surface area contributed by atoms with Gasteiger partial charge in [-0.3, -0.25) is 4.79 Å². The molecule has 0 fully saturated rings. The van der Waals surface area contributed by atoms with E-state index in [4.69, 9.17) is 0 Å². The fraction of sp³-hybridized carbons (Fsp3) is 0.800. The van der Waals surface area contributed by atoms with Gasteiger partial charge >= 0.3 is 16.2 Å². The highest BCUT2D eigenvalue weighted by Crippen LogP contribution is 2.03. The Morgan fingerprint density at radius 2 is 2.09 bits per heavy atom. The Labute approximate surface area is 64.6 Å². The molecule has 0 spiro atoms. The van der Waals surface area contributed by atoms with Crippen molar-refractivity contribution in [2.24, 2.45) is 5.92 Å². The van der Waals surface area contributed by atoms with Crippen molar-refractivity contribution in [2.75, 3.05) is 12.9 Å². The predicted octanol–water partition coefficient (Wildman–Crippen LogP) is 0.0948. The third kappa shape index (κ3) is 4.72. The first-order valence-electron chi connectivity index (χ1n) is 2.87.